The van der Waals surface area contributed by atoms with Crippen molar-refractivity contribution < 1.29 is 9.47 Å². The maximum atomic E-state index is 12.8. The maximum Gasteiger partial charge on any atom is 0.188 e. The lowest BCUT2D eigenvalue weighted by atomic mass is 10.1. The average molecular weight is 340 g/mol. The van der Waals surface area contributed by atoms with Gasteiger partial charge in [0.25, 0.3) is 0 Å². The lowest BCUT2D eigenvalue weighted by Gasteiger charge is -2.05. The van der Waals surface area contributed by atoms with Crippen molar-refractivity contribution in [3.05, 3.63) is 56.4 Å². The number of thiophene rings is 1. The summed E-state index contributed by atoms with van der Waals surface area (Å²) < 4.78 is 11.1. The second-order valence-electron chi connectivity index (χ2n) is 5.60. The van der Waals surface area contributed by atoms with Crippen LogP contribution in [0.1, 0.15) is 16.7 Å². The van der Waals surface area contributed by atoms with Crippen molar-refractivity contribution in [3.8, 4) is 22.6 Å². The molecule has 24 heavy (non-hydrogen) atoms. The Morgan fingerprint density at radius 3 is 2.25 bits per heavy atom. The molecule has 0 aliphatic heterocycles. The van der Waals surface area contributed by atoms with Crippen LogP contribution in [0.15, 0.2) is 41.2 Å². The van der Waals surface area contributed by atoms with Crippen LogP contribution in [-0.4, -0.2) is 13.7 Å². The molecule has 0 fully saturated rings. The first-order chi connectivity index (χ1) is 11.5. The molecule has 3 aromatic rings. The molecule has 0 atom stereocenters. The Morgan fingerprint density at radius 1 is 0.958 bits per heavy atom. The number of benzene rings is 1. The van der Waals surface area contributed by atoms with Gasteiger partial charge < -0.3 is 9.47 Å². The van der Waals surface area contributed by atoms with Gasteiger partial charge in [-0.05, 0) is 56.2 Å². The van der Waals surface area contributed by atoms with Crippen molar-refractivity contribution >= 4 is 22.1 Å². The first-order valence-corrected chi connectivity index (χ1v) is 8.72. The van der Waals surface area contributed by atoms with Crippen LogP contribution in [0.25, 0.3) is 21.9 Å². The lowest BCUT2D eigenvalue weighted by Crippen LogP contribution is -1.96. The molecule has 0 aliphatic carbocycles. The number of fused-ring (bicyclic) bond motifs is 1. The van der Waals surface area contributed by atoms with Gasteiger partial charge in [-0.1, -0.05) is 12.1 Å². The molecular formula is C20H20O3S. The van der Waals surface area contributed by atoms with Gasteiger partial charge in [0.05, 0.1) is 13.7 Å². The molecule has 0 amide bonds. The van der Waals surface area contributed by atoms with Crippen LogP contribution in [0.4, 0.5) is 0 Å². The smallest absolute Gasteiger partial charge is 0.188 e. The Bertz CT molecular complexity index is 940. The highest BCUT2D eigenvalue weighted by molar-refractivity contribution is 7.13. The van der Waals surface area contributed by atoms with Crippen molar-refractivity contribution in [1.82, 2.24) is 0 Å². The van der Waals surface area contributed by atoms with Crippen molar-refractivity contribution in [2.24, 2.45) is 0 Å². The van der Waals surface area contributed by atoms with Crippen molar-refractivity contribution in [2.45, 2.75) is 20.8 Å². The third-order valence-corrected chi connectivity index (χ3v) is 5.07. The largest absolute Gasteiger partial charge is 0.497 e. The number of ether oxygens (including phenoxy) is 2. The van der Waals surface area contributed by atoms with Crippen molar-refractivity contribution in [2.75, 3.05) is 13.7 Å². The first-order valence-electron chi connectivity index (χ1n) is 7.90. The molecule has 4 heteroatoms. The minimum atomic E-state index is 0.0311. The van der Waals surface area contributed by atoms with E-state index in [4.69, 9.17) is 9.47 Å². The van der Waals surface area contributed by atoms with Crippen LogP contribution >= 0.6 is 11.3 Å². The Balaban J connectivity index is 2.32. The number of rotatable bonds is 4. The van der Waals surface area contributed by atoms with Gasteiger partial charge in [-0.25, -0.2) is 0 Å². The van der Waals surface area contributed by atoms with Crippen LogP contribution in [0.2, 0.25) is 0 Å². The van der Waals surface area contributed by atoms with Crippen LogP contribution in [-0.2, 0) is 0 Å². The molecule has 0 aliphatic rings. The third kappa shape index (κ3) is 2.89. The predicted octanol–water partition coefficient (Wildman–Crippen LogP) is 4.95. The van der Waals surface area contributed by atoms with E-state index in [-0.39, 0.29) is 5.43 Å². The normalized spacial score (nSPS) is 10.8. The van der Waals surface area contributed by atoms with Crippen molar-refractivity contribution in [1.29, 1.82) is 0 Å². The molecule has 3 nitrogen and oxygen atoms in total. The van der Waals surface area contributed by atoms with E-state index in [9.17, 15) is 4.79 Å². The Kier molecular flexibility index (Phi) is 4.58. The summed E-state index contributed by atoms with van der Waals surface area (Å²) >= 11 is 1.64. The van der Waals surface area contributed by atoms with Crippen LogP contribution < -0.4 is 14.9 Å². The third-order valence-electron chi connectivity index (χ3n) is 4.05. The lowest BCUT2D eigenvalue weighted by molar-refractivity contribution is 0.344. The Hall–Kier alpha value is -2.33. The van der Waals surface area contributed by atoms with Crippen LogP contribution in [0.3, 0.4) is 0 Å². The van der Waals surface area contributed by atoms with Gasteiger partial charge >= 0.3 is 0 Å². The summed E-state index contributed by atoms with van der Waals surface area (Å²) in [6.45, 7) is 6.54. The molecule has 2 aromatic carbocycles. The molecule has 1 heterocycles. The zero-order valence-electron chi connectivity index (χ0n) is 14.3. The molecule has 0 N–H and O–H groups in total. The summed E-state index contributed by atoms with van der Waals surface area (Å²) in [5.74, 6) is 1.56. The van der Waals surface area contributed by atoms with Gasteiger partial charge in [-0.15, -0.1) is 11.3 Å². The summed E-state index contributed by atoms with van der Waals surface area (Å²) in [6, 6.07) is 11.4. The predicted molar refractivity (Wildman–Crippen MR) is 101 cm³/mol. The first kappa shape index (κ1) is 16.5. The minimum Gasteiger partial charge on any atom is -0.497 e. The van der Waals surface area contributed by atoms with E-state index in [2.05, 4.69) is 0 Å². The van der Waals surface area contributed by atoms with E-state index in [1.54, 1.807) is 24.5 Å². The van der Waals surface area contributed by atoms with Gasteiger partial charge in [-0.3, -0.25) is 4.79 Å². The molecule has 0 spiro atoms. The van der Waals surface area contributed by atoms with E-state index in [1.165, 1.54) is 0 Å². The summed E-state index contributed by atoms with van der Waals surface area (Å²) in [7, 11) is 1.64. The van der Waals surface area contributed by atoms with E-state index >= 15 is 0 Å². The minimum absolute atomic E-state index is 0.0311. The quantitative estimate of drug-likeness (QED) is 0.674. The zero-order chi connectivity index (χ0) is 17.3. The van der Waals surface area contributed by atoms with Crippen LogP contribution in [0, 0.1) is 13.8 Å². The van der Waals surface area contributed by atoms with Gasteiger partial charge in [-0.2, -0.15) is 0 Å². The van der Waals surface area contributed by atoms with Gasteiger partial charge in [0.2, 0.25) is 0 Å². The fourth-order valence-corrected chi connectivity index (χ4v) is 4.03. The number of aryl methyl sites for hydroxylation is 2. The van der Waals surface area contributed by atoms with Gasteiger partial charge in [0, 0.05) is 20.5 Å². The Morgan fingerprint density at radius 2 is 1.62 bits per heavy atom. The molecule has 0 unspecified atom stereocenters. The number of methoxy groups -OCH3 is 1. The van der Waals surface area contributed by atoms with Gasteiger partial charge in [0.15, 0.2) is 5.43 Å². The fraction of sp³-hybridized carbons (Fsp3) is 0.250. The van der Waals surface area contributed by atoms with E-state index in [1.807, 2.05) is 51.1 Å². The number of hydrogen-bond acceptors (Lipinski definition) is 4. The van der Waals surface area contributed by atoms with Gasteiger partial charge in [0.1, 0.15) is 11.5 Å². The second-order valence-corrected chi connectivity index (χ2v) is 7.03. The van der Waals surface area contributed by atoms with Crippen LogP contribution in [0.5, 0.6) is 11.5 Å². The molecule has 0 saturated heterocycles. The molecule has 0 bridgehead atoms. The van der Waals surface area contributed by atoms with E-state index in [0.717, 1.165) is 43.2 Å². The summed E-state index contributed by atoms with van der Waals surface area (Å²) in [5.41, 5.74) is 1.85. The highest BCUT2D eigenvalue weighted by Gasteiger charge is 2.14. The Labute approximate surface area is 145 Å². The summed E-state index contributed by atoms with van der Waals surface area (Å²) in [5, 5.41) is 1.70. The average Bonchev–Trinajstić information content (AvgIpc) is 2.78. The summed E-state index contributed by atoms with van der Waals surface area (Å²) in [6.07, 6.45) is 0. The summed E-state index contributed by atoms with van der Waals surface area (Å²) in [4.78, 5) is 15.0. The van der Waals surface area contributed by atoms with Crippen molar-refractivity contribution in [3.63, 3.8) is 0 Å². The molecule has 124 valence electrons. The SMILES string of the molecule is CCOc1cc(-c2ccc(OC)cc2)cc(=O)c2c(C)sc(C)c12. The standard InChI is InChI=1S/C20H20O3S/c1-5-23-18-11-15(14-6-8-16(22-4)9-7-14)10-17(21)19-12(2)24-13(3)20(18)19/h6-11H,5H2,1-4H3. The molecule has 1 aromatic heterocycles. The number of hydrogen-bond donors (Lipinski definition) is 0. The molecule has 3 rings (SSSR count). The van der Waals surface area contributed by atoms with E-state index in [0.29, 0.717) is 6.61 Å². The second kappa shape index (κ2) is 6.65. The molecular weight excluding hydrogens is 320 g/mol. The highest BCUT2D eigenvalue weighted by Crippen LogP contribution is 2.36. The molecule has 0 radical (unpaired) electrons. The highest BCUT2D eigenvalue weighted by atomic mass is 32.1. The molecule has 0 saturated carbocycles. The fourth-order valence-electron chi connectivity index (χ4n) is 2.97. The van der Waals surface area contributed by atoms with E-state index < -0.39 is 0 Å². The topological polar surface area (TPSA) is 35.5 Å². The monoisotopic (exact) mass is 340 g/mol. The zero-order valence-corrected chi connectivity index (χ0v) is 15.1. The maximum absolute atomic E-state index is 12.8.